The summed E-state index contributed by atoms with van der Waals surface area (Å²) in [6, 6.07) is 10.4. The molecular formula is C13H15N3O2S. The average molecular weight is 277 g/mol. The van der Waals surface area contributed by atoms with Gasteiger partial charge >= 0.3 is 0 Å². The Morgan fingerprint density at radius 2 is 1.84 bits per heavy atom. The Labute approximate surface area is 113 Å². The van der Waals surface area contributed by atoms with Crippen molar-refractivity contribution < 1.29 is 8.42 Å². The highest BCUT2D eigenvalue weighted by atomic mass is 32.2. The second kappa shape index (κ2) is 6.89. The molecule has 19 heavy (non-hydrogen) atoms. The summed E-state index contributed by atoms with van der Waals surface area (Å²) in [5, 5.41) is 17.2. The molecule has 0 amide bonds. The van der Waals surface area contributed by atoms with Gasteiger partial charge in [0.25, 0.3) is 0 Å². The van der Waals surface area contributed by atoms with Crippen molar-refractivity contribution in [3.8, 4) is 12.1 Å². The van der Waals surface area contributed by atoms with Gasteiger partial charge in [-0.2, -0.15) is 10.5 Å². The Hall–Kier alpha value is -1.89. The van der Waals surface area contributed by atoms with E-state index in [0.29, 0.717) is 17.7 Å². The molecule has 0 aromatic heterocycles. The average Bonchev–Trinajstić information content (AvgIpc) is 2.39. The van der Waals surface area contributed by atoms with E-state index in [4.69, 9.17) is 10.5 Å². The minimum Gasteiger partial charge on any atom is -0.212 e. The minimum absolute atomic E-state index is 0.113. The third-order valence-electron chi connectivity index (χ3n) is 2.65. The summed E-state index contributed by atoms with van der Waals surface area (Å²) >= 11 is 0. The molecule has 0 aliphatic carbocycles. The van der Waals surface area contributed by atoms with Crippen LogP contribution >= 0.6 is 0 Å². The van der Waals surface area contributed by atoms with Gasteiger partial charge in [0.05, 0.1) is 23.5 Å². The number of nitrogens with zero attached hydrogens (tertiary/aromatic N) is 3. The number of benzene rings is 1. The Morgan fingerprint density at radius 1 is 1.21 bits per heavy atom. The monoisotopic (exact) mass is 277 g/mol. The zero-order valence-electron chi connectivity index (χ0n) is 10.7. The quantitative estimate of drug-likeness (QED) is 0.790. The molecule has 0 heterocycles. The van der Waals surface area contributed by atoms with Gasteiger partial charge in [-0.15, -0.1) is 0 Å². The molecule has 0 aliphatic rings. The van der Waals surface area contributed by atoms with Gasteiger partial charge in [-0.1, -0.05) is 19.1 Å². The first-order chi connectivity index (χ1) is 9.03. The summed E-state index contributed by atoms with van der Waals surface area (Å²) in [5.74, 6) is -0.113. The molecule has 5 nitrogen and oxygen atoms in total. The van der Waals surface area contributed by atoms with Crippen LogP contribution in [-0.4, -0.2) is 25.8 Å². The number of hydrogen-bond acceptors (Lipinski definition) is 4. The molecule has 0 N–H and O–H groups in total. The number of sulfonamides is 1. The van der Waals surface area contributed by atoms with Crippen LogP contribution in [0.4, 0.5) is 0 Å². The second-order valence-corrected chi connectivity index (χ2v) is 5.93. The van der Waals surface area contributed by atoms with Crippen molar-refractivity contribution in [1.82, 2.24) is 4.31 Å². The maximum Gasteiger partial charge on any atom is 0.218 e. The van der Waals surface area contributed by atoms with Gasteiger partial charge in [-0.05, 0) is 17.7 Å². The normalized spacial score (nSPS) is 10.9. The van der Waals surface area contributed by atoms with Gasteiger partial charge in [0.1, 0.15) is 0 Å². The van der Waals surface area contributed by atoms with E-state index in [1.165, 1.54) is 4.31 Å². The van der Waals surface area contributed by atoms with Crippen LogP contribution < -0.4 is 0 Å². The molecule has 0 aliphatic heterocycles. The van der Waals surface area contributed by atoms with Crippen molar-refractivity contribution in [3.05, 3.63) is 35.4 Å². The molecule has 0 saturated carbocycles. The van der Waals surface area contributed by atoms with E-state index in [0.717, 1.165) is 0 Å². The Kier molecular flexibility index (Phi) is 5.50. The molecule has 1 aromatic carbocycles. The van der Waals surface area contributed by atoms with Crippen LogP contribution in [0.3, 0.4) is 0 Å². The Morgan fingerprint density at radius 3 is 2.32 bits per heavy atom. The molecule has 0 atom stereocenters. The SMILES string of the molecule is CCN(CCC#N)S(=O)(=O)Cc1ccc(C#N)cc1. The molecule has 0 bridgehead atoms. The van der Waals surface area contributed by atoms with Gasteiger partial charge in [0, 0.05) is 19.5 Å². The van der Waals surface area contributed by atoms with Crippen LogP contribution in [0.2, 0.25) is 0 Å². The van der Waals surface area contributed by atoms with Crippen LogP contribution in [0.25, 0.3) is 0 Å². The molecule has 100 valence electrons. The molecule has 1 rings (SSSR count). The van der Waals surface area contributed by atoms with Crippen molar-refractivity contribution in [2.24, 2.45) is 0 Å². The molecule has 6 heteroatoms. The van der Waals surface area contributed by atoms with E-state index in [-0.39, 0.29) is 18.7 Å². The summed E-state index contributed by atoms with van der Waals surface area (Å²) in [7, 11) is -3.42. The highest BCUT2D eigenvalue weighted by molar-refractivity contribution is 7.88. The van der Waals surface area contributed by atoms with E-state index in [1.807, 2.05) is 12.1 Å². The van der Waals surface area contributed by atoms with Gasteiger partial charge in [0.2, 0.25) is 10.0 Å². The summed E-state index contributed by atoms with van der Waals surface area (Å²) in [5.41, 5.74) is 1.13. The molecule has 0 fully saturated rings. The maximum atomic E-state index is 12.1. The van der Waals surface area contributed by atoms with E-state index in [1.54, 1.807) is 31.2 Å². The van der Waals surface area contributed by atoms with Crippen molar-refractivity contribution in [2.75, 3.05) is 13.1 Å². The van der Waals surface area contributed by atoms with Gasteiger partial charge < -0.3 is 0 Å². The summed E-state index contributed by atoms with van der Waals surface area (Å²) < 4.78 is 25.6. The van der Waals surface area contributed by atoms with Crippen molar-refractivity contribution in [1.29, 1.82) is 10.5 Å². The topological polar surface area (TPSA) is 85.0 Å². The van der Waals surface area contributed by atoms with E-state index >= 15 is 0 Å². The summed E-state index contributed by atoms with van der Waals surface area (Å²) in [4.78, 5) is 0. The smallest absolute Gasteiger partial charge is 0.212 e. The predicted molar refractivity (Wildman–Crippen MR) is 71.3 cm³/mol. The fraction of sp³-hybridized carbons (Fsp3) is 0.385. The Bertz CT molecular complexity index is 594. The van der Waals surface area contributed by atoms with Crippen molar-refractivity contribution in [3.63, 3.8) is 0 Å². The first-order valence-corrected chi connectivity index (χ1v) is 7.48. The first kappa shape index (κ1) is 15.2. The van der Waals surface area contributed by atoms with Crippen LogP contribution in [-0.2, 0) is 15.8 Å². The lowest BCUT2D eigenvalue weighted by Crippen LogP contribution is -2.32. The lowest BCUT2D eigenvalue weighted by atomic mass is 10.2. The number of nitriles is 2. The standard InChI is InChI=1S/C13H15N3O2S/c1-2-16(9-3-8-14)19(17,18)11-13-6-4-12(10-15)5-7-13/h4-7H,2-3,9,11H2,1H3. The molecule has 0 spiro atoms. The molecule has 0 radical (unpaired) electrons. The minimum atomic E-state index is -3.42. The van der Waals surface area contributed by atoms with Crippen molar-refractivity contribution >= 4 is 10.0 Å². The molecule has 0 unspecified atom stereocenters. The largest absolute Gasteiger partial charge is 0.218 e. The first-order valence-electron chi connectivity index (χ1n) is 5.87. The summed E-state index contributed by atoms with van der Waals surface area (Å²) in [6.45, 7) is 2.31. The molecule has 0 saturated heterocycles. The lowest BCUT2D eigenvalue weighted by Gasteiger charge is -2.19. The van der Waals surface area contributed by atoms with E-state index in [2.05, 4.69) is 0 Å². The van der Waals surface area contributed by atoms with Crippen molar-refractivity contribution in [2.45, 2.75) is 19.1 Å². The Balaban J connectivity index is 2.83. The predicted octanol–water partition coefficient (Wildman–Crippen LogP) is 1.62. The van der Waals surface area contributed by atoms with Crippen LogP contribution in [0.5, 0.6) is 0 Å². The van der Waals surface area contributed by atoms with Gasteiger partial charge in [0.15, 0.2) is 0 Å². The third kappa shape index (κ3) is 4.36. The zero-order chi connectivity index (χ0) is 14.3. The number of hydrogen-bond donors (Lipinski definition) is 0. The second-order valence-electron chi connectivity index (χ2n) is 3.96. The van der Waals surface area contributed by atoms with Crippen LogP contribution in [0.15, 0.2) is 24.3 Å². The van der Waals surface area contributed by atoms with E-state index < -0.39 is 10.0 Å². The van der Waals surface area contributed by atoms with Gasteiger partial charge in [-0.3, -0.25) is 0 Å². The maximum absolute atomic E-state index is 12.1. The fourth-order valence-electron chi connectivity index (χ4n) is 1.65. The zero-order valence-corrected chi connectivity index (χ0v) is 11.5. The molecular weight excluding hydrogens is 262 g/mol. The lowest BCUT2D eigenvalue weighted by molar-refractivity contribution is 0.434. The number of rotatable bonds is 6. The highest BCUT2D eigenvalue weighted by Gasteiger charge is 2.20. The van der Waals surface area contributed by atoms with Crippen LogP contribution in [0.1, 0.15) is 24.5 Å². The highest BCUT2D eigenvalue weighted by Crippen LogP contribution is 2.12. The van der Waals surface area contributed by atoms with Crippen LogP contribution in [0, 0.1) is 22.7 Å². The van der Waals surface area contributed by atoms with Gasteiger partial charge in [-0.25, -0.2) is 12.7 Å². The van der Waals surface area contributed by atoms with E-state index in [9.17, 15) is 8.42 Å². The third-order valence-corrected chi connectivity index (χ3v) is 4.58. The summed E-state index contributed by atoms with van der Waals surface area (Å²) in [6.07, 6.45) is 0.181. The molecule has 1 aromatic rings. The fourth-order valence-corrected chi connectivity index (χ4v) is 3.21.